The first-order valence-electron chi connectivity index (χ1n) is 9.38. The topological polar surface area (TPSA) is 80.3 Å². The molecule has 7 heteroatoms. The molecular formula is C21H28O7. The Morgan fingerprint density at radius 3 is 2.64 bits per heavy atom. The van der Waals surface area contributed by atoms with Crippen molar-refractivity contribution in [1.82, 2.24) is 0 Å². The number of rotatable bonds is 5. The molecule has 0 N–H and O–H groups in total. The average Bonchev–Trinajstić information content (AvgIpc) is 3.12. The van der Waals surface area contributed by atoms with Crippen LogP contribution in [0.3, 0.4) is 0 Å². The smallest absolute Gasteiger partial charge is 0.333 e. The molecule has 3 rings (SSSR count). The standard InChI is InChI=1S/C21H28O7/c1-11(2)19(22)26-15-7-12(3)8-21(25-6)9-13(4)17(28-21)18-16(15)14(10-24-5)20(23)27-18/h8-9,14-18H,1,7,10H2,2-6H3/t14-,15-,16+,17+,18-,21+/m0/s1. The van der Waals surface area contributed by atoms with Crippen LogP contribution in [0.4, 0.5) is 0 Å². The Balaban J connectivity index is 2.07. The first-order chi connectivity index (χ1) is 13.2. The van der Waals surface area contributed by atoms with Gasteiger partial charge in [-0.2, -0.15) is 0 Å². The maximum Gasteiger partial charge on any atom is 0.333 e. The number of carbonyl (C=O) groups excluding carboxylic acids is 2. The monoisotopic (exact) mass is 392 g/mol. The van der Waals surface area contributed by atoms with Crippen molar-refractivity contribution in [2.45, 2.75) is 51.3 Å². The van der Waals surface area contributed by atoms with Gasteiger partial charge in [-0.25, -0.2) is 4.79 Å². The van der Waals surface area contributed by atoms with Gasteiger partial charge < -0.3 is 23.7 Å². The van der Waals surface area contributed by atoms with Crippen molar-refractivity contribution >= 4 is 11.9 Å². The molecule has 1 fully saturated rings. The summed E-state index contributed by atoms with van der Waals surface area (Å²) in [5, 5.41) is 0. The zero-order chi connectivity index (χ0) is 20.6. The van der Waals surface area contributed by atoms with E-state index in [2.05, 4.69) is 6.58 Å². The number of fused-ring (bicyclic) bond motifs is 4. The summed E-state index contributed by atoms with van der Waals surface area (Å²) in [7, 11) is 3.10. The molecule has 0 amide bonds. The highest BCUT2D eigenvalue weighted by Crippen LogP contribution is 2.45. The normalized spacial score (nSPS) is 37.0. The number of ether oxygens (including phenoxy) is 5. The minimum atomic E-state index is -1.03. The lowest BCUT2D eigenvalue weighted by Crippen LogP contribution is -2.44. The predicted octanol–water partition coefficient (Wildman–Crippen LogP) is 2.32. The van der Waals surface area contributed by atoms with Gasteiger partial charge in [0.05, 0.1) is 18.4 Å². The van der Waals surface area contributed by atoms with E-state index in [1.54, 1.807) is 14.0 Å². The van der Waals surface area contributed by atoms with E-state index < -0.39 is 41.9 Å². The molecule has 0 aromatic heterocycles. The van der Waals surface area contributed by atoms with E-state index in [1.807, 2.05) is 26.0 Å². The van der Waals surface area contributed by atoms with Gasteiger partial charge in [0.2, 0.25) is 5.79 Å². The lowest BCUT2D eigenvalue weighted by atomic mass is 9.80. The lowest BCUT2D eigenvalue weighted by molar-refractivity contribution is -0.189. The molecule has 7 nitrogen and oxygen atoms in total. The summed E-state index contributed by atoms with van der Waals surface area (Å²) in [6.45, 7) is 9.27. The molecule has 2 bridgehead atoms. The number of hydrogen-bond donors (Lipinski definition) is 0. The molecule has 1 saturated heterocycles. The summed E-state index contributed by atoms with van der Waals surface area (Å²) < 4.78 is 28.7. The molecule has 3 aliphatic heterocycles. The number of methoxy groups -OCH3 is 2. The Labute approximate surface area is 165 Å². The van der Waals surface area contributed by atoms with Crippen LogP contribution in [0.5, 0.6) is 0 Å². The third-order valence-corrected chi connectivity index (χ3v) is 5.56. The van der Waals surface area contributed by atoms with Crippen LogP contribution in [0.25, 0.3) is 0 Å². The second kappa shape index (κ2) is 7.81. The summed E-state index contributed by atoms with van der Waals surface area (Å²) in [4.78, 5) is 25.0. The predicted molar refractivity (Wildman–Crippen MR) is 100 cm³/mol. The fourth-order valence-electron chi connectivity index (χ4n) is 4.29. The largest absolute Gasteiger partial charge is 0.458 e. The fraction of sp³-hybridized carbons (Fsp3) is 0.619. The summed E-state index contributed by atoms with van der Waals surface area (Å²) in [6, 6.07) is 0. The van der Waals surface area contributed by atoms with Gasteiger partial charge in [0, 0.05) is 26.2 Å². The number of hydrogen-bond acceptors (Lipinski definition) is 7. The number of esters is 2. The van der Waals surface area contributed by atoms with Gasteiger partial charge in [-0.1, -0.05) is 12.2 Å². The zero-order valence-corrected chi connectivity index (χ0v) is 17.0. The minimum absolute atomic E-state index is 0.175. The van der Waals surface area contributed by atoms with Crippen LogP contribution in [0.2, 0.25) is 0 Å². The van der Waals surface area contributed by atoms with Gasteiger partial charge >= 0.3 is 11.9 Å². The van der Waals surface area contributed by atoms with Gasteiger partial charge in [-0.15, -0.1) is 0 Å². The van der Waals surface area contributed by atoms with Gasteiger partial charge in [-0.3, -0.25) is 4.79 Å². The molecule has 6 atom stereocenters. The average molecular weight is 392 g/mol. The maximum absolute atomic E-state index is 12.6. The Bertz CT molecular complexity index is 737. The molecule has 154 valence electrons. The van der Waals surface area contributed by atoms with Crippen molar-refractivity contribution in [3.63, 3.8) is 0 Å². The van der Waals surface area contributed by atoms with Crippen molar-refractivity contribution in [1.29, 1.82) is 0 Å². The minimum Gasteiger partial charge on any atom is -0.458 e. The van der Waals surface area contributed by atoms with E-state index >= 15 is 0 Å². The van der Waals surface area contributed by atoms with Crippen molar-refractivity contribution in [2.75, 3.05) is 20.8 Å². The summed E-state index contributed by atoms with van der Waals surface area (Å²) in [5.41, 5.74) is 2.12. The first kappa shape index (κ1) is 20.8. The van der Waals surface area contributed by atoms with E-state index in [-0.39, 0.29) is 12.6 Å². The molecule has 0 spiro atoms. The molecule has 0 saturated carbocycles. The van der Waals surface area contributed by atoms with Crippen LogP contribution in [0, 0.1) is 11.8 Å². The van der Waals surface area contributed by atoms with E-state index in [4.69, 9.17) is 23.7 Å². The van der Waals surface area contributed by atoms with E-state index in [1.165, 1.54) is 7.11 Å². The molecule has 0 aliphatic carbocycles. The van der Waals surface area contributed by atoms with Gasteiger partial charge in [-0.05, 0) is 38.5 Å². The van der Waals surface area contributed by atoms with Crippen molar-refractivity contribution < 1.29 is 33.3 Å². The van der Waals surface area contributed by atoms with Gasteiger partial charge in [0.15, 0.2) is 0 Å². The van der Waals surface area contributed by atoms with Crippen LogP contribution in [0.1, 0.15) is 27.2 Å². The fourth-order valence-corrected chi connectivity index (χ4v) is 4.29. The Hall–Kier alpha value is -1.96. The molecule has 0 unspecified atom stereocenters. The summed E-state index contributed by atoms with van der Waals surface area (Å²) in [6.07, 6.45) is 2.52. The Morgan fingerprint density at radius 2 is 2.04 bits per heavy atom. The molecule has 0 aromatic carbocycles. The van der Waals surface area contributed by atoms with Gasteiger partial charge in [0.25, 0.3) is 0 Å². The van der Waals surface area contributed by atoms with Crippen molar-refractivity contribution in [2.24, 2.45) is 11.8 Å². The quantitative estimate of drug-likeness (QED) is 0.403. The highest BCUT2D eigenvalue weighted by molar-refractivity contribution is 5.87. The van der Waals surface area contributed by atoms with E-state index in [0.717, 1.165) is 11.1 Å². The van der Waals surface area contributed by atoms with Crippen molar-refractivity contribution in [3.05, 3.63) is 35.5 Å². The number of carbonyl (C=O) groups is 2. The Kier molecular flexibility index (Phi) is 5.79. The molecular weight excluding hydrogens is 364 g/mol. The lowest BCUT2D eigenvalue weighted by Gasteiger charge is -2.32. The Morgan fingerprint density at radius 1 is 1.32 bits per heavy atom. The maximum atomic E-state index is 12.6. The molecule has 0 radical (unpaired) electrons. The summed E-state index contributed by atoms with van der Waals surface area (Å²) >= 11 is 0. The van der Waals surface area contributed by atoms with Crippen LogP contribution in [0.15, 0.2) is 35.5 Å². The molecule has 28 heavy (non-hydrogen) atoms. The highest BCUT2D eigenvalue weighted by Gasteiger charge is 2.56. The highest BCUT2D eigenvalue weighted by atomic mass is 16.7. The second-order valence-corrected chi connectivity index (χ2v) is 7.81. The van der Waals surface area contributed by atoms with Gasteiger partial charge in [0.1, 0.15) is 18.3 Å². The van der Waals surface area contributed by atoms with Crippen LogP contribution >= 0.6 is 0 Å². The van der Waals surface area contributed by atoms with E-state index in [9.17, 15) is 9.59 Å². The third kappa shape index (κ3) is 3.66. The molecule has 0 aromatic rings. The first-order valence-corrected chi connectivity index (χ1v) is 9.38. The summed E-state index contributed by atoms with van der Waals surface area (Å²) in [5.74, 6) is -2.87. The molecule has 3 heterocycles. The SMILES string of the molecule is C=C(C)C(=O)O[C@H]1CC(C)=C[C@]2(OC)C=C(C)[C@@H](O2)[C@H]2OC(=O)[C@@H](COC)[C@@H]21. The third-order valence-electron chi connectivity index (χ3n) is 5.56. The van der Waals surface area contributed by atoms with Crippen LogP contribution in [-0.2, 0) is 33.3 Å². The molecule has 3 aliphatic rings. The van der Waals surface area contributed by atoms with Crippen molar-refractivity contribution in [3.8, 4) is 0 Å². The van der Waals surface area contributed by atoms with E-state index in [0.29, 0.717) is 12.0 Å². The zero-order valence-electron chi connectivity index (χ0n) is 17.0. The second-order valence-electron chi connectivity index (χ2n) is 7.81. The van der Waals surface area contributed by atoms with Crippen LogP contribution in [-0.4, -0.2) is 56.9 Å². The van der Waals surface area contributed by atoms with Crippen LogP contribution < -0.4 is 0 Å².